The molecule has 0 aromatic rings. The van der Waals surface area contributed by atoms with Gasteiger partial charge in [-0.15, -0.1) is 0 Å². The first-order chi connectivity index (χ1) is 6.13. The third kappa shape index (κ3) is 4.98. The molecule has 0 aliphatic heterocycles. The number of rotatable bonds is 5. The van der Waals surface area contributed by atoms with Gasteiger partial charge in [0.1, 0.15) is 6.10 Å². The predicted octanol–water partition coefficient (Wildman–Crippen LogP) is 2.29. The van der Waals surface area contributed by atoms with Gasteiger partial charge in [-0.1, -0.05) is 11.6 Å². The number of halogens is 3. The fourth-order valence-corrected chi connectivity index (χ4v) is 0.717. The van der Waals surface area contributed by atoms with E-state index in [1.165, 1.54) is 18.5 Å². The van der Waals surface area contributed by atoms with E-state index in [-0.39, 0.29) is 12.2 Å². The van der Waals surface area contributed by atoms with Crippen molar-refractivity contribution in [3.63, 3.8) is 0 Å². The summed E-state index contributed by atoms with van der Waals surface area (Å²) in [6, 6.07) is 0. The lowest BCUT2D eigenvalue weighted by atomic mass is 10.2. The van der Waals surface area contributed by atoms with Crippen molar-refractivity contribution in [3.8, 4) is 0 Å². The molecule has 76 valence electrons. The number of hydrogen-bond donors (Lipinski definition) is 1. The largest absolute Gasteiger partial charge is 0.393 e. The zero-order chi connectivity index (χ0) is 10.3. The maximum atomic E-state index is 12.0. The molecule has 0 fully saturated rings. The van der Waals surface area contributed by atoms with Gasteiger partial charge in [0.2, 0.25) is 0 Å². The van der Waals surface area contributed by atoms with Crippen LogP contribution in [0.4, 0.5) is 8.78 Å². The average Bonchev–Trinajstić information content (AvgIpc) is 2.11. The lowest BCUT2D eigenvalue weighted by Crippen LogP contribution is -2.19. The van der Waals surface area contributed by atoms with E-state index in [9.17, 15) is 8.78 Å². The van der Waals surface area contributed by atoms with Crippen LogP contribution in [0, 0.1) is 0 Å². The first-order valence-electron chi connectivity index (χ1n) is 3.63. The number of aliphatic hydroxyl groups excluding tert-OH is 1. The molecule has 0 amide bonds. The Labute approximate surface area is 80.5 Å². The van der Waals surface area contributed by atoms with Crippen molar-refractivity contribution in [2.24, 2.45) is 0 Å². The third-order valence-corrected chi connectivity index (χ3v) is 1.61. The summed E-state index contributed by atoms with van der Waals surface area (Å²) in [5.41, 5.74) is 0.963. The van der Waals surface area contributed by atoms with Crippen LogP contribution < -0.4 is 0 Å². The fourth-order valence-electron chi connectivity index (χ4n) is 0.644. The van der Waals surface area contributed by atoms with Crippen molar-refractivity contribution in [2.75, 3.05) is 13.2 Å². The summed E-state index contributed by atoms with van der Waals surface area (Å²) in [5, 5.41) is 8.70. The van der Waals surface area contributed by atoms with Crippen LogP contribution in [0.5, 0.6) is 0 Å². The van der Waals surface area contributed by atoms with Gasteiger partial charge in [-0.05, 0) is 13.0 Å². The van der Waals surface area contributed by atoms with Crippen LogP contribution >= 0.6 is 11.6 Å². The topological polar surface area (TPSA) is 29.5 Å². The Morgan fingerprint density at radius 3 is 2.62 bits per heavy atom. The molecule has 0 aromatic heterocycles. The highest BCUT2D eigenvalue weighted by Gasteiger charge is 2.14. The highest BCUT2D eigenvalue weighted by molar-refractivity contribution is 6.25. The Balaban J connectivity index is 4.11. The lowest BCUT2D eigenvalue weighted by Gasteiger charge is -2.13. The molecule has 5 heteroatoms. The first-order valence-corrected chi connectivity index (χ1v) is 4.06. The Hall–Kier alpha value is -0.450. The maximum absolute atomic E-state index is 12.0. The Morgan fingerprint density at radius 1 is 1.62 bits per heavy atom. The minimum Gasteiger partial charge on any atom is -0.393 e. The van der Waals surface area contributed by atoms with Gasteiger partial charge in [0.25, 0.3) is 6.08 Å². The van der Waals surface area contributed by atoms with Crippen LogP contribution in [0.25, 0.3) is 0 Å². The van der Waals surface area contributed by atoms with Crippen LogP contribution in [0.1, 0.15) is 6.92 Å². The Morgan fingerprint density at radius 2 is 2.23 bits per heavy atom. The maximum Gasteiger partial charge on any atom is 0.271 e. The molecule has 2 nitrogen and oxygen atoms in total. The molecule has 1 atom stereocenters. The van der Waals surface area contributed by atoms with Gasteiger partial charge in [0.15, 0.2) is 0 Å². The molecule has 1 N–H and O–H groups in total. The predicted molar refractivity (Wildman–Crippen MR) is 46.7 cm³/mol. The summed E-state index contributed by atoms with van der Waals surface area (Å²) >= 11 is 5.19. The zero-order valence-electron chi connectivity index (χ0n) is 7.14. The quantitative estimate of drug-likeness (QED) is 0.758. The molecule has 0 aliphatic carbocycles. The molecule has 13 heavy (non-hydrogen) atoms. The van der Waals surface area contributed by atoms with E-state index in [4.69, 9.17) is 21.4 Å². The molecule has 0 rings (SSSR count). The van der Waals surface area contributed by atoms with E-state index in [2.05, 4.69) is 0 Å². The van der Waals surface area contributed by atoms with Crippen LogP contribution in [-0.2, 0) is 4.74 Å². The second-order valence-corrected chi connectivity index (χ2v) is 2.56. The molecule has 0 saturated heterocycles. The molecule has 0 aliphatic rings. The molecular weight excluding hydrogens is 202 g/mol. The highest BCUT2D eigenvalue weighted by Crippen LogP contribution is 2.13. The van der Waals surface area contributed by atoms with Crippen LogP contribution in [0.2, 0.25) is 0 Å². The Bertz CT molecular complexity index is 200. The number of hydrogen-bond acceptors (Lipinski definition) is 2. The summed E-state index contributed by atoms with van der Waals surface area (Å²) in [6.45, 7) is 0.833. The zero-order valence-corrected chi connectivity index (χ0v) is 7.89. The molecule has 0 saturated carbocycles. The number of aliphatic hydroxyl groups is 1. The van der Waals surface area contributed by atoms with Gasteiger partial charge in [-0.2, -0.15) is 8.78 Å². The summed E-state index contributed by atoms with van der Waals surface area (Å²) in [4.78, 5) is 0. The van der Waals surface area contributed by atoms with Crippen molar-refractivity contribution in [1.29, 1.82) is 0 Å². The fraction of sp³-hybridized carbons (Fsp3) is 0.500. The van der Waals surface area contributed by atoms with Crippen LogP contribution in [0.3, 0.4) is 0 Å². The van der Waals surface area contributed by atoms with Crippen molar-refractivity contribution in [2.45, 2.75) is 13.0 Å². The van der Waals surface area contributed by atoms with Crippen LogP contribution in [0.15, 0.2) is 23.3 Å². The molecule has 0 bridgehead atoms. The Kier molecular flexibility index (Phi) is 6.76. The summed E-state index contributed by atoms with van der Waals surface area (Å²) in [7, 11) is 0. The average molecular weight is 213 g/mol. The lowest BCUT2D eigenvalue weighted by molar-refractivity contribution is 0.0489. The standard InChI is InChI=1S/C8H11ClF2O2/c1-6(8(10)11)7(5-12)13-4-2-3-9/h2-3,7,12H,4-5H2,1H3. The van der Waals surface area contributed by atoms with E-state index >= 15 is 0 Å². The van der Waals surface area contributed by atoms with Gasteiger partial charge in [0.05, 0.1) is 13.2 Å². The van der Waals surface area contributed by atoms with Crippen molar-refractivity contribution in [3.05, 3.63) is 23.3 Å². The minimum atomic E-state index is -1.83. The van der Waals surface area contributed by atoms with E-state index in [0.29, 0.717) is 0 Å². The van der Waals surface area contributed by atoms with E-state index in [1.807, 2.05) is 0 Å². The molecular formula is C8H11ClF2O2. The van der Waals surface area contributed by atoms with Crippen molar-refractivity contribution in [1.82, 2.24) is 0 Å². The van der Waals surface area contributed by atoms with Crippen molar-refractivity contribution < 1.29 is 18.6 Å². The third-order valence-electron chi connectivity index (χ3n) is 1.43. The van der Waals surface area contributed by atoms with Gasteiger partial charge in [-0.3, -0.25) is 0 Å². The first kappa shape index (κ1) is 12.6. The monoisotopic (exact) mass is 212 g/mol. The summed E-state index contributed by atoms with van der Waals surface area (Å²) in [5.74, 6) is 0. The molecule has 0 heterocycles. The van der Waals surface area contributed by atoms with Gasteiger partial charge in [0, 0.05) is 11.1 Å². The summed E-state index contributed by atoms with van der Waals surface area (Å²) in [6.07, 6.45) is -1.33. The number of ether oxygens (including phenoxy) is 1. The SMILES string of the molecule is CC(=C(F)F)C(CO)OCC=CCl. The second-order valence-electron chi connectivity index (χ2n) is 2.31. The van der Waals surface area contributed by atoms with E-state index < -0.39 is 18.8 Å². The molecule has 0 spiro atoms. The normalized spacial score (nSPS) is 13.3. The second kappa shape index (κ2) is 7.00. The molecule has 0 aromatic carbocycles. The summed E-state index contributed by atoms with van der Waals surface area (Å²) < 4.78 is 28.9. The van der Waals surface area contributed by atoms with Crippen LogP contribution in [-0.4, -0.2) is 24.4 Å². The van der Waals surface area contributed by atoms with Crippen molar-refractivity contribution >= 4 is 11.6 Å². The molecule has 0 radical (unpaired) electrons. The van der Waals surface area contributed by atoms with Gasteiger partial charge < -0.3 is 9.84 Å². The van der Waals surface area contributed by atoms with E-state index in [1.54, 1.807) is 0 Å². The van der Waals surface area contributed by atoms with Gasteiger partial charge in [-0.25, -0.2) is 0 Å². The van der Waals surface area contributed by atoms with E-state index in [0.717, 1.165) is 0 Å². The van der Waals surface area contributed by atoms with Gasteiger partial charge >= 0.3 is 0 Å². The smallest absolute Gasteiger partial charge is 0.271 e. The molecule has 1 unspecified atom stereocenters. The highest BCUT2D eigenvalue weighted by atomic mass is 35.5. The minimum absolute atomic E-state index is 0.0966.